The molecule has 0 bridgehead atoms. The Balaban J connectivity index is 1.79. The van der Waals surface area contributed by atoms with E-state index in [1.165, 1.54) is 16.9 Å². The summed E-state index contributed by atoms with van der Waals surface area (Å²) in [7, 11) is 0. The van der Waals surface area contributed by atoms with Crippen LogP contribution in [0.25, 0.3) is 5.52 Å². The Kier molecular flexibility index (Phi) is 5.88. The van der Waals surface area contributed by atoms with Gasteiger partial charge in [-0.15, -0.1) is 0 Å². The number of nitrogens with two attached hydrogens (primary N) is 1. The predicted molar refractivity (Wildman–Crippen MR) is 98.4 cm³/mol. The van der Waals surface area contributed by atoms with Gasteiger partial charge in [0.15, 0.2) is 5.82 Å². The molecule has 5 atom stereocenters. The molecule has 3 heterocycles. The van der Waals surface area contributed by atoms with Crippen LogP contribution in [-0.2, 0) is 19.8 Å². The zero-order chi connectivity index (χ0) is 21.2. The first-order chi connectivity index (χ1) is 13.8. The maximum atomic E-state index is 11.8. The molecular formula is C18H23N5O6. The van der Waals surface area contributed by atoms with Crippen molar-refractivity contribution in [3.63, 3.8) is 0 Å². The molecule has 3 rings (SSSR count). The molecule has 0 amide bonds. The molecule has 0 saturated carbocycles. The monoisotopic (exact) mass is 405 g/mol. The smallest absolute Gasteiger partial charge is 0.431 e. The van der Waals surface area contributed by atoms with E-state index < -0.39 is 36.7 Å². The summed E-state index contributed by atoms with van der Waals surface area (Å²) in [6.07, 6.45) is -2.77. The van der Waals surface area contributed by atoms with E-state index in [0.717, 1.165) is 6.42 Å². The van der Waals surface area contributed by atoms with Crippen LogP contribution < -0.4 is 5.73 Å². The Labute approximate surface area is 166 Å². The fourth-order valence-corrected chi connectivity index (χ4v) is 3.36. The molecule has 29 heavy (non-hydrogen) atoms. The van der Waals surface area contributed by atoms with Crippen LogP contribution in [0.3, 0.4) is 0 Å². The number of nitrogens with zero attached hydrogens (tertiary/aromatic N) is 4. The molecule has 156 valence electrons. The standard InChI is InChI=1S/C18H23N5O6/c1-3-4-10(2)28-17(26)27-7-12-14(24)15(25)18(8-19,29-12)13-6-5-11-16(20)21-9-22-23(11)13/h5-6,9-10,12,14-15,24-25H,3-4,7H2,1-2H3,(H2,20,21,22)/t10-,12-,14-,15-,18+/m1/s1. The second kappa shape index (κ2) is 8.20. The van der Waals surface area contributed by atoms with Gasteiger partial charge in [-0.2, -0.15) is 10.4 Å². The molecule has 0 unspecified atom stereocenters. The first-order valence-corrected chi connectivity index (χ1v) is 9.21. The molecule has 0 spiro atoms. The lowest BCUT2D eigenvalue weighted by Crippen LogP contribution is -2.41. The van der Waals surface area contributed by atoms with E-state index in [-0.39, 0.29) is 17.6 Å². The van der Waals surface area contributed by atoms with Crippen LogP contribution in [0.1, 0.15) is 32.4 Å². The molecule has 0 aromatic carbocycles. The summed E-state index contributed by atoms with van der Waals surface area (Å²) < 4.78 is 17.1. The van der Waals surface area contributed by atoms with E-state index in [1.54, 1.807) is 13.0 Å². The van der Waals surface area contributed by atoms with Crippen LogP contribution in [0.5, 0.6) is 0 Å². The van der Waals surface area contributed by atoms with Gasteiger partial charge in [0.2, 0.25) is 5.60 Å². The number of nitriles is 1. The van der Waals surface area contributed by atoms with Gasteiger partial charge in [0.05, 0.1) is 5.69 Å². The Hall–Kier alpha value is -2.94. The highest BCUT2D eigenvalue weighted by molar-refractivity contribution is 5.66. The number of hydrogen-bond acceptors (Lipinski definition) is 10. The quantitative estimate of drug-likeness (QED) is 0.576. The van der Waals surface area contributed by atoms with Gasteiger partial charge in [-0.1, -0.05) is 13.3 Å². The zero-order valence-electron chi connectivity index (χ0n) is 16.1. The van der Waals surface area contributed by atoms with Gasteiger partial charge in [-0.05, 0) is 25.5 Å². The van der Waals surface area contributed by atoms with Crippen molar-refractivity contribution in [1.29, 1.82) is 5.26 Å². The van der Waals surface area contributed by atoms with Crippen molar-refractivity contribution in [3.8, 4) is 6.07 Å². The van der Waals surface area contributed by atoms with Crippen molar-refractivity contribution in [2.75, 3.05) is 12.3 Å². The first kappa shape index (κ1) is 20.8. The van der Waals surface area contributed by atoms with Gasteiger partial charge in [-0.25, -0.2) is 14.3 Å². The van der Waals surface area contributed by atoms with E-state index >= 15 is 0 Å². The second-order valence-corrected chi connectivity index (χ2v) is 6.88. The van der Waals surface area contributed by atoms with Crippen molar-refractivity contribution in [2.24, 2.45) is 0 Å². The topological polar surface area (TPSA) is 165 Å². The SMILES string of the molecule is CCC[C@@H](C)OC(=O)OC[C@H]1O[C@@](C#N)(c2ccc3c(N)ncnn23)[C@H](O)[C@@H]1O. The summed E-state index contributed by atoms with van der Waals surface area (Å²) in [5.74, 6) is 0.177. The van der Waals surface area contributed by atoms with Crippen LogP contribution in [0, 0.1) is 11.3 Å². The minimum absolute atomic E-state index is 0.164. The average Bonchev–Trinajstić information content (AvgIpc) is 3.23. The fourth-order valence-electron chi connectivity index (χ4n) is 3.36. The first-order valence-electron chi connectivity index (χ1n) is 9.21. The lowest BCUT2D eigenvalue weighted by molar-refractivity contribution is -0.0744. The van der Waals surface area contributed by atoms with Crippen molar-refractivity contribution < 1.29 is 29.2 Å². The molecular weight excluding hydrogens is 382 g/mol. The number of nitrogen functional groups attached to an aromatic ring is 1. The van der Waals surface area contributed by atoms with Gasteiger partial charge >= 0.3 is 6.16 Å². The Morgan fingerprint density at radius 1 is 1.52 bits per heavy atom. The number of carbonyl (C=O) groups is 1. The van der Waals surface area contributed by atoms with Crippen LogP contribution in [0.4, 0.5) is 10.6 Å². The van der Waals surface area contributed by atoms with Gasteiger partial charge in [0.1, 0.15) is 48.9 Å². The number of carbonyl (C=O) groups excluding carboxylic acids is 1. The molecule has 2 aromatic rings. The van der Waals surface area contributed by atoms with Gasteiger partial charge in [-0.3, -0.25) is 0 Å². The van der Waals surface area contributed by atoms with Crippen molar-refractivity contribution in [3.05, 3.63) is 24.2 Å². The molecule has 1 aliphatic rings. The second-order valence-electron chi connectivity index (χ2n) is 6.88. The third-order valence-electron chi connectivity index (χ3n) is 4.84. The van der Waals surface area contributed by atoms with E-state index in [2.05, 4.69) is 10.1 Å². The highest BCUT2D eigenvalue weighted by Gasteiger charge is 2.57. The molecule has 1 fully saturated rings. The summed E-state index contributed by atoms with van der Waals surface area (Å²) in [6, 6.07) is 4.99. The van der Waals surface area contributed by atoms with Gasteiger partial charge in [0, 0.05) is 0 Å². The molecule has 2 aromatic heterocycles. The largest absolute Gasteiger partial charge is 0.508 e. The maximum absolute atomic E-state index is 11.8. The van der Waals surface area contributed by atoms with E-state index in [1.807, 2.05) is 13.0 Å². The highest BCUT2D eigenvalue weighted by Crippen LogP contribution is 2.40. The lowest BCUT2D eigenvalue weighted by atomic mass is 9.92. The van der Waals surface area contributed by atoms with E-state index in [0.29, 0.717) is 11.9 Å². The fraction of sp³-hybridized carbons (Fsp3) is 0.556. The number of aliphatic hydroxyl groups is 2. The van der Waals surface area contributed by atoms with Crippen molar-refractivity contribution in [1.82, 2.24) is 14.6 Å². The molecule has 11 heteroatoms. The lowest BCUT2D eigenvalue weighted by Gasteiger charge is -2.24. The number of aliphatic hydroxyl groups excluding tert-OH is 2. The molecule has 4 N–H and O–H groups in total. The minimum Gasteiger partial charge on any atom is -0.431 e. The van der Waals surface area contributed by atoms with Gasteiger partial charge < -0.3 is 30.2 Å². The normalized spacial score (nSPS) is 27.5. The number of rotatable bonds is 6. The third-order valence-corrected chi connectivity index (χ3v) is 4.84. The number of fused-ring (bicyclic) bond motifs is 1. The van der Waals surface area contributed by atoms with Crippen molar-refractivity contribution >= 4 is 17.5 Å². The third kappa shape index (κ3) is 3.69. The van der Waals surface area contributed by atoms with E-state index in [9.17, 15) is 20.3 Å². The number of anilines is 1. The Bertz CT molecular complexity index is 927. The molecule has 0 aliphatic carbocycles. The van der Waals surface area contributed by atoms with Crippen LogP contribution in [0.2, 0.25) is 0 Å². The Morgan fingerprint density at radius 3 is 2.97 bits per heavy atom. The summed E-state index contributed by atoms with van der Waals surface area (Å²) in [6.45, 7) is 3.29. The zero-order valence-corrected chi connectivity index (χ0v) is 16.1. The molecule has 11 nitrogen and oxygen atoms in total. The molecule has 1 saturated heterocycles. The summed E-state index contributed by atoms with van der Waals surface area (Å²) >= 11 is 0. The van der Waals surface area contributed by atoms with E-state index in [4.69, 9.17) is 19.9 Å². The van der Waals surface area contributed by atoms with Crippen LogP contribution in [0.15, 0.2) is 18.5 Å². The van der Waals surface area contributed by atoms with Gasteiger partial charge in [0.25, 0.3) is 0 Å². The van der Waals surface area contributed by atoms with Crippen LogP contribution in [-0.4, -0.2) is 62.0 Å². The molecule has 1 aliphatic heterocycles. The average molecular weight is 405 g/mol. The predicted octanol–water partition coefficient (Wildman–Crippen LogP) is 0.493. The minimum atomic E-state index is -1.94. The molecule has 0 radical (unpaired) electrons. The maximum Gasteiger partial charge on any atom is 0.508 e. The summed E-state index contributed by atoms with van der Waals surface area (Å²) in [4.78, 5) is 15.7. The Morgan fingerprint density at radius 2 is 2.28 bits per heavy atom. The number of hydrogen-bond donors (Lipinski definition) is 3. The highest BCUT2D eigenvalue weighted by atomic mass is 16.7. The number of aromatic nitrogens is 3. The van der Waals surface area contributed by atoms with Crippen LogP contribution >= 0.6 is 0 Å². The summed E-state index contributed by atoms with van der Waals surface area (Å²) in [5.41, 5.74) is 4.44. The van der Waals surface area contributed by atoms with Crippen molar-refractivity contribution in [2.45, 2.75) is 56.7 Å². The number of ether oxygens (including phenoxy) is 3. The summed E-state index contributed by atoms with van der Waals surface area (Å²) in [5, 5.41) is 34.9.